The Morgan fingerprint density at radius 3 is 2.26 bits per heavy atom. The average Bonchev–Trinajstić information content (AvgIpc) is 2.95. The van der Waals surface area contributed by atoms with Gasteiger partial charge in [-0.1, -0.05) is 98.8 Å². The van der Waals surface area contributed by atoms with E-state index in [0.29, 0.717) is 18.8 Å². The van der Waals surface area contributed by atoms with E-state index in [-0.39, 0.29) is 19.7 Å². The van der Waals surface area contributed by atoms with Gasteiger partial charge in [0.2, 0.25) is 0 Å². The van der Waals surface area contributed by atoms with Gasteiger partial charge < -0.3 is 24.8 Å². The van der Waals surface area contributed by atoms with Crippen molar-refractivity contribution in [3.63, 3.8) is 0 Å². The Balaban J connectivity index is 1.86. The summed E-state index contributed by atoms with van der Waals surface area (Å²) in [4.78, 5) is 27.8. The molecule has 230 valence electrons. The van der Waals surface area contributed by atoms with Crippen LogP contribution in [0.5, 0.6) is 0 Å². The monoisotopic (exact) mass is 586 g/mol. The third-order valence-corrected chi connectivity index (χ3v) is 6.86. The lowest BCUT2D eigenvalue weighted by Crippen LogP contribution is -2.51. The van der Waals surface area contributed by atoms with E-state index in [1.165, 1.54) is 4.90 Å². The fourth-order valence-corrected chi connectivity index (χ4v) is 4.68. The van der Waals surface area contributed by atoms with Gasteiger partial charge in [0.25, 0.3) is 0 Å². The van der Waals surface area contributed by atoms with Gasteiger partial charge in [0.15, 0.2) is 0 Å². The van der Waals surface area contributed by atoms with Crippen molar-refractivity contribution >= 4 is 12.2 Å². The van der Waals surface area contributed by atoms with Crippen molar-refractivity contribution in [2.45, 2.75) is 84.3 Å². The molecule has 3 aromatic carbocycles. The van der Waals surface area contributed by atoms with E-state index in [9.17, 15) is 14.7 Å². The highest BCUT2D eigenvalue weighted by atomic mass is 16.6. The number of benzene rings is 3. The second-order valence-corrected chi connectivity index (χ2v) is 12.2. The number of nitrogens with one attached hydrogen (secondary N) is 1. The molecule has 0 unspecified atom stereocenters. The summed E-state index contributed by atoms with van der Waals surface area (Å²) in [5.41, 5.74) is 4.24. The Hall–Kier alpha value is -4.10. The average molecular weight is 587 g/mol. The van der Waals surface area contributed by atoms with Crippen LogP contribution in [-0.2, 0) is 35.5 Å². The molecule has 0 aromatic heterocycles. The summed E-state index contributed by atoms with van der Waals surface area (Å²) in [6.45, 7) is 13.7. The van der Waals surface area contributed by atoms with E-state index in [1.807, 2.05) is 72.8 Å². The summed E-state index contributed by atoms with van der Waals surface area (Å²) in [7, 11) is 0. The summed E-state index contributed by atoms with van der Waals surface area (Å²) in [6, 6.07) is 24.7. The van der Waals surface area contributed by atoms with Crippen LogP contribution in [-0.4, -0.2) is 46.5 Å². The van der Waals surface area contributed by atoms with Gasteiger partial charge in [-0.05, 0) is 67.3 Å². The number of carbonyl (C=O) groups is 2. The van der Waals surface area contributed by atoms with Crippen molar-refractivity contribution < 1.29 is 24.2 Å². The predicted molar refractivity (Wildman–Crippen MR) is 171 cm³/mol. The fourth-order valence-electron chi connectivity index (χ4n) is 4.68. The number of alkyl carbamates (subject to hydrolysis) is 1. The molecule has 0 aliphatic heterocycles. The number of ether oxygens (including phenoxy) is 2. The molecule has 2 atom stereocenters. The molecule has 3 rings (SSSR count). The number of aliphatic hydroxyl groups excluding tert-OH is 1. The summed E-state index contributed by atoms with van der Waals surface area (Å²) in [5, 5.41) is 14.4. The van der Waals surface area contributed by atoms with Crippen molar-refractivity contribution in [3.8, 4) is 0 Å². The van der Waals surface area contributed by atoms with Crippen molar-refractivity contribution in [3.05, 3.63) is 119 Å². The smallest absolute Gasteiger partial charge is 0.410 e. The standard InChI is InChI=1S/C36H46N2O5/c1-7-13-27-16-11-17-29(20-27)22-32(37-34(40)43-36(4,5)6)33(39)24-38(23-30-18-12-19-31(21-30)26(2)3)35(41)42-25-28-14-9-8-10-15-28/h7-12,14-21,26,32-33,39H,1,13,22-25H2,2-6H3,(H,37,40)/t32-,33+/m0/s1. The Kier molecular flexibility index (Phi) is 12.4. The van der Waals surface area contributed by atoms with Crippen molar-refractivity contribution in [2.24, 2.45) is 0 Å². The molecule has 7 heteroatoms. The highest BCUT2D eigenvalue weighted by molar-refractivity contribution is 5.69. The highest BCUT2D eigenvalue weighted by Gasteiger charge is 2.29. The summed E-state index contributed by atoms with van der Waals surface area (Å²) >= 11 is 0. The predicted octanol–water partition coefficient (Wildman–Crippen LogP) is 7.17. The number of amides is 2. The number of carbonyl (C=O) groups excluding carboxylic acids is 2. The van der Waals surface area contributed by atoms with Gasteiger partial charge in [0.1, 0.15) is 12.2 Å². The molecular formula is C36H46N2O5. The maximum Gasteiger partial charge on any atom is 0.410 e. The van der Waals surface area contributed by atoms with Crippen molar-refractivity contribution in [1.29, 1.82) is 0 Å². The Morgan fingerprint density at radius 1 is 0.930 bits per heavy atom. The van der Waals surface area contributed by atoms with Gasteiger partial charge in [0, 0.05) is 6.54 Å². The molecule has 0 bridgehead atoms. The molecule has 0 heterocycles. The van der Waals surface area contributed by atoms with Crippen molar-refractivity contribution in [1.82, 2.24) is 10.2 Å². The quantitative estimate of drug-likeness (QED) is 0.207. The Labute approximate surface area is 256 Å². The number of nitrogens with zero attached hydrogens (tertiary/aromatic N) is 1. The zero-order valence-electron chi connectivity index (χ0n) is 26.1. The van der Waals surface area contributed by atoms with Crippen LogP contribution in [0.15, 0.2) is 91.5 Å². The van der Waals surface area contributed by atoms with Gasteiger partial charge in [-0.25, -0.2) is 9.59 Å². The van der Waals surface area contributed by atoms with Gasteiger partial charge in [0.05, 0.1) is 18.7 Å². The summed E-state index contributed by atoms with van der Waals surface area (Å²) in [6.07, 6.45) is 0.562. The normalized spacial score (nSPS) is 12.7. The first-order valence-electron chi connectivity index (χ1n) is 14.8. The lowest BCUT2D eigenvalue weighted by molar-refractivity contribution is 0.0327. The van der Waals surface area contributed by atoms with Crippen LogP contribution in [0.2, 0.25) is 0 Å². The largest absolute Gasteiger partial charge is 0.445 e. The second-order valence-electron chi connectivity index (χ2n) is 12.2. The molecule has 2 N–H and O–H groups in total. The van der Waals surface area contributed by atoms with Crippen molar-refractivity contribution in [2.75, 3.05) is 6.54 Å². The van der Waals surface area contributed by atoms with Crippen LogP contribution in [0.3, 0.4) is 0 Å². The molecule has 3 aromatic rings. The Morgan fingerprint density at radius 2 is 1.58 bits per heavy atom. The molecule has 0 aliphatic rings. The van der Waals surface area contributed by atoms with E-state index >= 15 is 0 Å². The van der Waals surface area contributed by atoms with Gasteiger partial charge in [-0.2, -0.15) is 0 Å². The van der Waals surface area contributed by atoms with E-state index < -0.39 is 29.9 Å². The van der Waals surface area contributed by atoms with Crippen LogP contribution in [0.25, 0.3) is 0 Å². The number of hydrogen-bond acceptors (Lipinski definition) is 5. The Bertz CT molecular complexity index is 1330. The van der Waals surface area contributed by atoms with E-state index in [0.717, 1.165) is 27.8 Å². The van der Waals surface area contributed by atoms with E-state index in [4.69, 9.17) is 9.47 Å². The third kappa shape index (κ3) is 11.6. The van der Waals surface area contributed by atoms with Crippen LogP contribution in [0, 0.1) is 0 Å². The molecule has 7 nitrogen and oxygen atoms in total. The molecule has 0 saturated carbocycles. The fraction of sp³-hybridized carbons (Fsp3) is 0.389. The first-order valence-corrected chi connectivity index (χ1v) is 14.8. The number of rotatable bonds is 13. The van der Waals surface area contributed by atoms with Crippen LogP contribution < -0.4 is 5.32 Å². The first kappa shape index (κ1) is 33.4. The first-order chi connectivity index (χ1) is 20.4. The lowest BCUT2D eigenvalue weighted by Gasteiger charge is -2.31. The number of aliphatic hydroxyl groups is 1. The SMILES string of the molecule is C=CCc1cccc(C[C@H](NC(=O)OC(C)(C)C)[C@H](O)CN(Cc2cccc(C(C)C)c2)C(=O)OCc2ccccc2)c1. The lowest BCUT2D eigenvalue weighted by atomic mass is 9.98. The zero-order chi connectivity index (χ0) is 31.4. The molecule has 2 amide bonds. The van der Waals surface area contributed by atoms with E-state index in [2.05, 4.69) is 37.9 Å². The van der Waals surface area contributed by atoms with Gasteiger partial charge in [-0.3, -0.25) is 0 Å². The molecule has 0 radical (unpaired) electrons. The third-order valence-electron chi connectivity index (χ3n) is 6.86. The number of allylic oxidation sites excluding steroid dienone is 1. The highest BCUT2D eigenvalue weighted by Crippen LogP contribution is 2.19. The van der Waals surface area contributed by atoms with E-state index in [1.54, 1.807) is 20.8 Å². The number of hydrogen-bond donors (Lipinski definition) is 2. The molecule has 0 spiro atoms. The molecule has 43 heavy (non-hydrogen) atoms. The zero-order valence-corrected chi connectivity index (χ0v) is 26.1. The second kappa shape index (κ2) is 15.9. The van der Waals surface area contributed by atoms with Gasteiger partial charge >= 0.3 is 12.2 Å². The van der Waals surface area contributed by atoms with Gasteiger partial charge in [-0.15, -0.1) is 6.58 Å². The minimum Gasteiger partial charge on any atom is -0.445 e. The minimum atomic E-state index is -1.12. The molecular weight excluding hydrogens is 540 g/mol. The maximum absolute atomic E-state index is 13.5. The van der Waals surface area contributed by atoms with Crippen LogP contribution >= 0.6 is 0 Å². The van der Waals surface area contributed by atoms with Crippen LogP contribution in [0.4, 0.5) is 9.59 Å². The molecule has 0 fully saturated rings. The molecule has 0 aliphatic carbocycles. The van der Waals surface area contributed by atoms with Crippen LogP contribution in [0.1, 0.15) is 68.4 Å². The minimum absolute atomic E-state index is 0.0632. The summed E-state index contributed by atoms with van der Waals surface area (Å²) in [5.74, 6) is 0.322. The summed E-state index contributed by atoms with van der Waals surface area (Å²) < 4.78 is 11.2. The maximum atomic E-state index is 13.5. The topological polar surface area (TPSA) is 88.1 Å². The molecule has 0 saturated heterocycles.